The van der Waals surface area contributed by atoms with Gasteiger partial charge in [0.25, 0.3) is 0 Å². The van der Waals surface area contributed by atoms with Crippen LogP contribution in [-0.2, 0) is 6.54 Å². The van der Waals surface area contributed by atoms with Crippen LogP contribution in [-0.4, -0.2) is 25.0 Å². The minimum atomic E-state index is -0.552. The molecule has 0 spiro atoms. The lowest BCUT2D eigenvalue weighted by Crippen LogP contribution is -2.35. The second kappa shape index (κ2) is 6.49. The standard InChI is InChI=1S/C11H16N4O2/c12-10(16)9-4-2-1-3-8(9)7-14-5-6-15-11(13)17/h1-4,14H,5-7H2,(H2,12,16)(H3,13,15,17). The Morgan fingerprint density at radius 3 is 2.47 bits per heavy atom. The minimum absolute atomic E-state index is 0.439. The maximum atomic E-state index is 11.1. The fourth-order valence-corrected chi connectivity index (χ4v) is 1.41. The number of nitrogens with one attached hydrogen (secondary N) is 2. The van der Waals surface area contributed by atoms with E-state index in [1.54, 1.807) is 12.1 Å². The van der Waals surface area contributed by atoms with Crippen LogP contribution in [0.5, 0.6) is 0 Å². The van der Waals surface area contributed by atoms with E-state index in [0.29, 0.717) is 25.2 Å². The molecule has 0 unspecified atom stereocenters. The number of rotatable bonds is 6. The summed E-state index contributed by atoms with van der Waals surface area (Å²) in [4.78, 5) is 21.5. The lowest BCUT2D eigenvalue weighted by molar-refractivity contribution is 0.0999. The molecule has 0 fully saturated rings. The predicted molar refractivity (Wildman–Crippen MR) is 64.3 cm³/mol. The van der Waals surface area contributed by atoms with Crippen molar-refractivity contribution < 1.29 is 9.59 Å². The highest BCUT2D eigenvalue weighted by atomic mass is 16.2. The number of carbonyl (C=O) groups excluding carboxylic acids is 2. The first-order valence-corrected chi connectivity index (χ1v) is 5.23. The maximum absolute atomic E-state index is 11.1. The third-order valence-electron chi connectivity index (χ3n) is 2.20. The van der Waals surface area contributed by atoms with Gasteiger partial charge in [-0.25, -0.2) is 4.79 Å². The third-order valence-corrected chi connectivity index (χ3v) is 2.20. The highest BCUT2D eigenvalue weighted by Gasteiger charge is 2.05. The molecule has 0 radical (unpaired) electrons. The van der Waals surface area contributed by atoms with Gasteiger partial charge in [-0.05, 0) is 11.6 Å². The van der Waals surface area contributed by atoms with Gasteiger partial charge in [-0.1, -0.05) is 18.2 Å². The zero-order valence-corrected chi connectivity index (χ0v) is 9.40. The van der Waals surface area contributed by atoms with E-state index in [-0.39, 0.29) is 0 Å². The first kappa shape index (κ1) is 13.0. The smallest absolute Gasteiger partial charge is 0.312 e. The average molecular weight is 236 g/mol. The molecule has 17 heavy (non-hydrogen) atoms. The molecule has 0 saturated heterocycles. The van der Waals surface area contributed by atoms with Gasteiger partial charge < -0.3 is 22.1 Å². The molecular formula is C11H16N4O2. The van der Waals surface area contributed by atoms with Crippen molar-refractivity contribution in [3.05, 3.63) is 35.4 Å². The Bertz CT molecular complexity index is 406. The van der Waals surface area contributed by atoms with Crippen LogP contribution >= 0.6 is 0 Å². The molecule has 1 rings (SSSR count). The van der Waals surface area contributed by atoms with Gasteiger partial charge in [-0.15, -0.1) is 0 Å². The second-order valence-corrected chi connectivity index (χ2v) is 3.49. The number of hydrogen-bond donors (Lipinski definition) is 4. The number of primary amides is 2. The van der Waals surface area contributed by atoms with E-state index in [0.717, 1.165) is 5.56 Å². The van der Waals surface area contributed by atoms with E-state index in [1.165, 1.54) is 0 Å². The van der Waals surface area contributed by atoms with Crippen LogP contribution in [0.15, 0.2) is 24.3 Å². The van der Waals surface area contributed by atoms with Crippen molar-refractivity contribution in [1.29, 1.82) is 0 Å². The van der Waals surface area contributed by atoms with Crippen molar-refractivity contribution in [3.8, 4) is 0 Å². The second-order valence-electron chi connectivity index (χ2n) is 3.49. The number of carbonyl (C=O) groups is 2. The molecule has 0 aliphatic rings. The maximum Gasteiger partial charge on any atom is 0.312 e. The minimum Gasteiger partial charge on any atom is -0.366 e. The summed E-state index contributed by atoms with van der Waals surface area (Å²) in [5, 5.41) is 5.53. The van der Waals surface area contributed by atoms with Crippen molar-refractivity contribution in [3.63, 3.8) is 0 Å². The summed E-state index contributed by atoms with van der Waals surface area (Å²) in [6, 6.07) is 6.56. The van der Waals surface area contributed by atoms with Gasteiger partial charge in [0.1, 0.15) is 0 Å². The van der Waals surface area contributed by atoms with Crippen LogP contribution in [0.3, 0.4) is 0 Å². The Kier molecular flexibility index (Phi) is 4.96. The van der Waals surface area contributed by atoms with Crippen LogP contribution in [0.4, 0.5) is 4.79 Å². The summed E-state index contributed by atoms with van der Waals surface area (Å²) < 4.78 is 0. The lowest BCUT2D eigenvalue weighted by atomic mass is 10.1. The van der Waals surface area contributed by atoms with Gasteiger partial charge in [0.15, 0.2) is 0 Å². The molecule has 0 heterocycles. The van der Waals surface area contributed by atoms with E-state index in [9.17, 15) is 9.59 Å². The Morgan fingerprint density at radius 2 is 1.82 bits per heavy atom. The highest BCUT2D eigenvalue weighted by Crippen LogP contribution is 2.07. The van der Waals surface area contributed by atoms with E-state index in [4.69, 9.17) is 11.5 Å². The molecule has 0 saturated carbocycles. The van der Waals surface area contributed by atoms with Gasteiger partial charge >= 0.3 is 6.03 Å². The first-order valence-electron chi connectivity index (χ1n) is 5.23. The molecule has 0 atom stereocenters. The molecule has 3 amide bonds. The van der Waals surface area contributed by atoms with Crippen LogP contribution in [0.2, 0.25) is 0 Å². The molecule has 0 aromatic heterocycles. The summed E-state index contributed by atoms with van der Waals surface area (Å²) in [5.41, 5.74) is 11.5. The van der Waals surface area contributed by atoms with E-state index in [1.807, 2.05) is 12.1 Å². The Balaban J connectivity index is 2.41. The number of urea groups is 1. The summed E-state index contributed by atoms with van der Waals surface area (Å²) in [6.45, 7) is 1.52. The molecule has 0 aliphatic heterocycles. The van der Waals surface area contributed by atoms with Gasteiger partial charge in [0.2, 0.25) is 5.91 Å². The van der Waals surface area contributed by atoms with Crippen LogP contribution in [0, 0.1) is 0 Å². The summed E-state index contributed by atoms with van der Waals surface area (Å²) in [7, 11) is 0. The molecule has 6 heteroatoms. The fraction of sp³-hybridized carbons (Fsp3) is 0.273. The van der Waals surface area contributed by atoms with Crippen molar-refractivity contribution >= 4 is 11.9 Å². The quantitative estimate of drug-likeness (QED) is 0.502. The topological polar surface area (TPSA) is 110 Å². The average Bonchev–Trinajstić information content (AvgIpc) is 2.28. The third kappa shape index (κ3) is 4.52. The molecule has 1 aromatic carbocycles. The van der Waals surface area contributed by atoms with Crippen LogP contribution in [0.1, 0.15) is 15.9 Å². The van der Waals surface area contributed by atoms with E-state index in [2.05, 4.69) is 10.6 Å². The Morgan fingerprint density at radius 1 is 1.12 bits per heavy atom. The number of hydrogen-bond acceptors (Lipinski definition) is 3. The van der Waals surface area contributed by atoms with E-state index < -0.39 is 11.9 Å². The fourth-order valence-electron chi connectivity index (χ4n) is 1.41. The van der Waals surface area contributed by atoms with Crippen LogP contribution in [0.25, 0.3) is 0 Å². The zero-order valence-electron chi connectivity index (χ0n) is 9.40. The SMILES string of the molecule is NC(=O)NCCNCc1ccccc1C(N)=O. The number of amides is 3. The number of benzene rings is 1. The number of nitrogens with two attached hydrogens (primary N) is 2. The Hall–Kier alpha value is -2.08. The molecule has 6 nitrogen and oxygen atoms in total. The van der Waals surface area contributed by atoms with Gasteiger partial charge in [0.05, 0.1) is 0 Å². The summed E-state index contributed by atoms with van der Waals surface area (Å²) in [6.07, 6.45) is 0. The monoisotopic (exact) mass is 236 g/mol. The summed E-state index contributed by atoms with van der Waals surface area (Å²) in [5.74, 6) is -0.447. The lowest BCUT2D eigenvalue weighted by Gasteiger charge is -2.08. The molecule has 1 aromatic rings. The highest BCUT2D eigenvalue weighted by molar-refractivity contribution is 5.94. The molecular weight excluding hydrogens is 220 g/mol. The normalized spacial score (nSPS) is 9.88. The van der Waals surface area contributed by atoms with E-state index >= 15 is 0 Å². The Labute approximate surface area is 99.4 Å². The zero-order chi connectivity index (χ0) is 12.7. The first-order chi connectivity index (χ1) is 8.11. The molecule has 0 aliphatic carbocycles. The molecule has 92 valence electrons. The predicted octanol–water partition coefficient (Wildman–Crippen LogP) is -0.457. The van der Waals surface area contributed by atoms with Crippen LogP contribution < -0.4 is 22.1 Å². The largest absolute Gasteiger partial charge is 0.366 e. The summed E-state index contributed by atoms with van der Waals surface area (Å²) >= 11 is 0. The van der Waals surface area contributed by atoms with Gasteiger partial charge in [-0.3, -0.25) is 4.79 Å². The van der Waals surface area contributed by atoms with Crippen molar-refractivity contribution in [1.82, 2.24) is 10.6 Å². The van der Waals surface area contributed by atoms with Gasteiger partial charge in [-0.2, -0.15) is 0 Å². The molecule has 6 N–H and O–H groups in total. The van der Waals surface area contributed by atoms with Crippen molar-refractivity contribution in [2.75, 3.05) is 13.1 Å². The van der Waals surface area contributed by atoms with Gasteiger partial charge in [0, 0.05) is 25.2 Å². The van der Waals surface area contributed by atoms with Crippen molar-refractivity contribution in [2.45, 2.75) is 6.54 Å². The molecule has 0 bridgehead atoms. The van der Waals surface area contributed by atoms with Crippen molar-refractivity contribution in [2.24, 2.45) is 11.5 Å².